The lowest BCUT2D eigenvalue weighted by Crippen LogP contribution is -2.46. The van der Waals surface area contributed by atoms with Gasteiger partial charge in [0.15, 0.2) is 0 Å². The maximum absolute atomic E-state index is 11.7. The largest absolute Gasteiger partial charge is 0.398 e. The molecule has 1 aliphatic heterocycles. The summed E-state index contributed by atoms with van der Waals surface area (Å²) in [6, 6.07) is 3.78. The molecule has 0 saturated carbocycles. The Kier molecular flexibility index (Phi) is 4.61. The summed E-state index contributed by atoms with van der Waals surface area (Å²) in [6.07, 6.45) is 4.22. The van der Waals surface area contributed by atoms with E-state index >= 15 is 0 Å². The number of nitrogen functional groups attached to an aromatic ring is 1. The number of hydrogen-bond donors (Lipinski definition) is 1. The van der Waals surface area contributed by atoms with E-state index in [1.54, 1.807) is 16.8 Å². The Hall–Kier alpha value is -1.33. The van der Waals surface area contributed by atoms with Gasteiger partial charge in [0.05, 0.1) is 0 Å². The van der Waals surface area contributed by atoms with E-state index in [-0.39, 0.29) is 5.56 Å². The average molecular weight is 264 g/mol. The molecule has 0 aromatic carbocycles. The number of pyridine rings is 1. The van der Waals surface area contributed by atoms with Gasteiger partial charge in [-0.05, 0) is 39.5 Å². The first-order valence-electron chi connectivity index (χ1n) is 6.91. The number of piperidine rings is 1. The van der Waals surface area contributed by atoms with Crippen LogP contribution in [0.15, 0.2) is 23.1 Å². The topological polar surface area (TPSA) is 54.5 Å². The van der Waals surface area contributed by atoms with Crippen molar-refractivity contribution >= 4 is 5.69 Å². The van der Waals surface area contributed by atoms with Gasteiger partial charge in [-0.25, -0.2) is 0 Å². The Morgan fingerprint density at radius 2 is 2.26 bits per heavy atom. The molecule has 1 atom stereocenters. The zero-order valence-corrected chi connectivity index (χ0v) is 11.9. The number of nitrogens with two attached hydrogens (primary N) is 1. The normalized spacial score (nSPS) is 20.9. The van der Waals surface area contributed by atoms with E-state index in [4.69, 9.17) is 5.73 Å². The van der Waals surface area contributed by atoms with Crippen LogP contribution in [0, 0.1) is 0 Å². The average Bonchev–Trinajstić information content (AvgIpc) is 2.39. The van der Waals surface area contributed by atoms with Crippen molar-refractivity contribution in [2.45, 2.75) is 25.4 Å². The van der Waals surface area contributed by atoms with Gasteiger partial charge in [0.1, 0.15) is 0 Å². The second kappa shape index (κ2) is 6.21. The summed E-state index contributed by atoms with van der Waals surface area (Å²) in [4.78, 5) is 16.4. The van der Waals surface area contributed by atoms with E-state index in [0.29, 0.717) is 18.3 Å². The van der Waals surface area contributed by atoms with Crippen LogP contribution in [0.5, 0.6) is 0 Å². The summed E-state index contributed by atoms with van der Waals surface area (Å²) in [7, 11) is 4.31. The second-order valence-electron chi connectivity index (χ2n) is 5.53. The van der Waals surface area contributed by atoms with Crippen LogP contribution in [0.2, 0.25) is 0 Å². The van der Waals surface area contributed by atoms with Crippen LogP contribution in [-0.4, -0.2) is 54.1 Å². The lowest BCUT2D eigenvalue weighted by atomic mass is 10.1. The fourth-order valence-corrected chi connectivity index (χ4v) is 2.67. The van der Waals surface area contributed by atoms with Crippen LogP contribution < -0.4 is 11.3 Å². The number of rotatable bonds is 4. The molecule has 1 saturated heterocycles. The van der Waals surface area contributed by atoms with Gasteiger partial charge in [-0.1, -0.05) is 0 Å². The smallest absolute Gasteiger partial charge is 0.250 e. The van der Waals surface area contributed by atoms with Crippen molar-refractivity contribution in [1.82, 2.24) is 14.4 Å². The molecule has 2 rings (SSSR count). The molecule has 2 heterocycles. The van der Waals surface area contributed by atoms with E-state index in [9.17, 15) is 4.79 Å². The molecule has 5 heteroatoms. The fourth-order valence-electron chi connectivity index (χ4n) is 2.67. The summed E-state index contributed by atoms with van der Waals surface area (Å²) in [6.45, 7) is 3.88. The minimum absolute atomic E-state index is 0.0170. The molecule has 0 amide bonds. The molecule has 0 bridgehead atoms. The van der Waals surface area contributed by atoms with Crippen LogP contribution in [0.4, 0.5) is 5.69 Å². The lowest BCUT2D eigenvalue weighted by Gasteiger charge is -2.35. The van der Waals surface area contributed by atoms with Gasteiger partial charge < -0.3 is 20.1 Å². The van der Waals surface area contributed by atoms with Gasteiger partial charge in [-0.2, -0.15) is 0 Å². The Balaban J connectivity index is 1.90. The SMILES string of the molecule is CN1CCCC(N(C)CCn2cc(N)ccc2=O)C1. The Morgan fingerprint density at radius 3 is 3.00 bits per heavy atom. The predicted octanol–water partition coefficient (Wildman–Crippen LogP) is 0.457. The minimum atomic E-state index is 0.0170. The number of hydrogen-bond acceptors (Lipinski definition) is 4. The molecule has 1 unspecified atom stereocenters. The van der Waals surface area contributed by atoms with Gasteiger partial charge in [0.25, 0.3) is 5.56 Å². The highest BCUT2D eigenvalue weighted by Gasteiger charge is 2.20. The third-order valence-corrected chi connectivity index (χ3v) is 3.92. The Morgan fingerprint density at radius 1 is 1.47 bits per heavy atom. The van der Waals surface area contributed by atoms with Crippen LogP contribution in [0.3, 0.4) is 0 Å². The molecule has 1 fully saturated rings. The highest BCUT2D eigenvalue weighted by molar-refractivity contribution is 5.33. The van der Waals surface area contributed by atoms with Crippen molar-refractivity contribution in [2.75, 3.05) is 39.5 Å². The summed E-state index contributed by atoms with van der Waals surface area (Å²) < 4.78 is 1.69. The van der Waals surface area contributed by atoms with Crippen molar-refractivity contribution in [1.29, 1.82) is 0 Å². The molecular weight excluding hydrogens is 240 g/mol. The van der Waals surface area contributed by atoms with Crippen LogP contribution in [-0.2, 0) is 6.54 Å². The number of likely N-dealkylation sites (N-methyl/N-ethyl adjacent to an activating group) is 2. The molecule has 106 valence electrons. The van der Waals surface area contributed by atoms with Crippen molar-refractivity contribution in [2.24, 2.45) is 0 Å². The maximum atomic E-state index is 11.7. The first-order valence-corrected chi connectivity index (χ1v) is 6.91. The Labute approximate surface area is 114 Å². The van der Waals surface area contributed by atoms with Crippen molar-refractivity contribution in [3.05, 3.63) is 28.7 Å². The summed E-state index contributed by atoms with van der Waals surface area (Å²) in [5.74, 6) is 0. The molecule has 19 heavy (non-hydrogen) atoms. The molecule has 1 aromatic rings. The van der Waals surface area contributed by atoms with E-state index < -0.39 is 0 Å². The van der Waals surface area contributed by atoms with Gasteiger partial charge in [-0.3, -0.25) is 4.79 Å². The van der Waals surface area contributed by atoms with Gasteiger partial charge in [0.2, 0.25) is 0 Å². The second-order valence-corrected chi connectivity index (χ2v) is 5.53. The molecule has 0 aliphatic carbocycles. The lowest BCUT2D eigenvalue weighted by molar-refractivity contribution is 0.131. The van der Waals surface area contributed by atoms with Crippen molar-refractivity contribution in [3.63, 3.8) is 0 Å². The summed E-state index contributed by atoms with van der Waals surface area (Å²) >= 11 is 0. The molecule has 0 radical (unpaired) electrons. The van der Waals surface area contributed by atoms with Crippen molar-refractivity contribution in [3.8, 4) is 0 Å². The third-order valence-electron chi connectivity index (χ3n) is 3.92. The predicted molar refractivity (Wildman–Crippen MR) is 78.3 cm³/mol. The highest BCUT2D eigenvalue weighted by Crippen LogP contribution is 2.13. The molecular formula is C14H24N4O. The molecule has 1 aliphatic rings. The van der Waals surface area contributed by atoms with Crippen LogP contribution in [0.25, 0.3) is 0 Å². The minimum Gasteiger partial charge on any atom is -0.398 e. The first kappa shape index (κ1) is 14.1. The quantitative estimate of drug-likeness (QED) is 0.858. The number of likely N-dealkylation sites (tertiary alicyclic amines) is 1. The van der Waals surface area contributed by atoms with E-state index in [0.717, 1.165) is 13.1 Å². The molecule has 5 nitrogen and oxygen atoms in total. The summed E-state index contributed by atoms with van der Waals surface area (Å²) in [5, 5.41) is 0. The zero-order chi connectivity index (χ0) is 13.8. The standard InChI is InChI=1S/C14H24N4O/c1-16-7-3-4-13(11-16)17(2)8-9-18-10-12(15)5-6-14(18)19/h5-6,10,13H,3-4,7-9,11,15H2,1-2H3. The number of aromatic nitrogens is 1. The maximum Gasteiger partial charge on any atom is 0.250 e. The van der Waals surface area contributed by atoms with Gasteiger partial charge in [-0.15, -0.1) is 0 Å². The van der Waals surface area contributed by atoms with E-state index in [1.165, 1.54) is 25.5 Å². The van der Waals surface area contributed by atoms with E-state index in [1.807, 2.05) is 0 Å². The summed E-state index contributed by atoms with van der Waals surface area (Å²) in [5.41, 5.74) is 6.37. The number of nitrogens with zero attached hydrogens (tertiary/aromatic N) is 3. The van der Waals surface area contributed by atoms with Gasteiger partial charge >= 0.3 is 0 Å². The first-order chi connectivity index (χ1) is 9.06. The highest BCUT2D eigenvalue weighted by atomic mass is 16.1. The monoisotopic (exact) mass is 264 g/mol. The van der Waals surface area contributed by atoms with E-state index in [2.05, 4.69) is 23.9 Å². The zero-order valence-electron chi connectivity index (χ0n) is 11.9. The van der Waals surface area contributed by atoms with Crippen molar-refractivity contribution < 1.29 is 0 Å². The third kappa shape index (κ3) is 3.81. The number of anilines is 1. The molecule has 2 N–H and O–H groups in total. The van der Waals surface area contributed by atoms with Crippen LogP contribution >= 0.6 is 0 Å². The fraction of sp³-hybridized carbons (Fsp3) is 0.643. The van der Waals surface area contributed by atoms with Gasteiger partial charge in [0, 0.05) is 43.6 Å². The molecule has 1 aromatic heterocycles. The van der Waals surface area contributed by atoms with Crippen LogP contribution in [0.1, 0.15) is 12.8 Å². The Bertz CT molecular complexity index is 471. The molecule has 0 spiro atoms.